The van der Waals surface area contributed by atoms with Crippen LogP contribution < -0.4 is 5.32 Å². The van der Waals surface area contributed by atoms with Crippen LogP contribution in [-0.2, 0) is 0 Å². The van der Waals surface area contributed by atoms with Gasteiger partial charge >= 0.3 is 0 Å². The van der Waals surface area contributed by atoms with Crippen LogP contribution in [0.5, 0.6) is 0 Å². The van der Waals surface area contributed by atoms with Gasteiger partial charge < -0.3 is 10.2 Å². The van der Waals surface area contributed by atoms with E-state index in [1.54, 1.807) is 0 Å². The first-order chi connectivity index (χ1) is 7.36. The Morgan fingerprint density at radius 1 is 1.40 bits per heavy atom. The molecule has 15 heavy (non-hydrogen) atoms. The van der Waals surface area contributed by atoms with E-state index in [-0.39, 0.29) is 0 Å². The second kappa shape index (κ2) is 6.12. The van der Waals surface area contributed by atoms with E-state index >= 15 is 0 Å². The van der Waals surface area contributed by atoms with Crippen LogP contribution in [0.3, 0.4) is 0 Å². The molecule has 2 fully saturated rings. The molecule has 2 saturated heterocycles. The van der Waals surface area contributed by atoms with Gasteiger partial charge in [-0.2, -0.15) is 11.8 Å². The van der Waals surface area contributed by atoms with Crippen molar-refractivity contribution in [3.8, 4) is 0 Å². The van der Waals surface area contributed by atoms with Crippen molar-refractivity contribution < 1.29 is 0 Å². The van der Waals surface area contributed by atoms with Crippen LogP contribution in [0.2, 0.25) is 0 Å². The topological polar surface area (TPSA) is 15.3 Å². The second-order valence-corrected chi connectivity index (χ2v) is 6.15. The van der Waals surface area contributed by atoms with Crippen molar-refractivity contribution in [3.05, 3.63) is 0 Å². The first-order valence-electron chi connectivity index (χ1n) is 6.35. The van der Waals surface area contributed by atoms with Gasteiger partial charge in [0.1, 0.15) is 0 Å². The van der Waals surface area contributed by atoms with Gasteiger partial charge in [0.05, 0.1) is 0 Å². The molecule has 0 spiro atoms. The molecular formula is C12H24N2S. The SMILES string of the molecule is CN(CCCC1CCNC1)C1CCSC1. The van der Waals surface area contributed by atoms with Crippen LogP contribution in [0, 0.1) is 5.92 Å². The van der Waals surface area contributed by atoms with E-state index in [1.807, 2.05) is 0 Å². The molecule has 0 amide bonds. The number of thioether (sulfide) groups is 1. The van der Waals surface area contributed by atoms with E-state index in [9.17, 15) is 0 Å². The molecule has 2 aliphatic heterocycles. The Kier molecular flexibility index (Phi) is 4.79. The summed E-state index contributed by atoms with van der Waals surface area (Å²) in [7, 11) is 2.31. The Morgan fingerprint density at radius 2 is 2.33 bits per heavy atom. The summed E-state index contributed by atoms with van der Waals surface area (Å²) < 4.78 is 0. The van der Waals surface area contributed by atoms with Crippen molar-refractivity contribution in [2.45, 2.75) is 31.7 Å². The lowest BCUT2D eigenvalue weighted by molar-refractivity contribution is 0.251. The minimum absolute atomic E-state index is 0.872. The number of hydrogen-bond donors (Lipinski definition) is 1. The third-order valence-corrected chi connectivity index (χ3v) is 4.96. The monoisotopic (exact) mass is 228 g/mol. The molecular weight excluding hydrogens is 204 g/mol. The molecule has 0 saturated carbocycles. The lowest BCUT2D eigenvalue weighted by Gasteiger charge is -2.23. The summed E-state index contributed by atoms with van der Waals surface area (Å²) in [6.45, 7) is 3.82. The van der Waals surface area contributed by atoms with Crippen molar-refractivity contribution in [3.63, 3.8) is 0 Å². The summed E-state index contributed by atoms with van der Waals surface area (Å²) in [6, 6.07) is 0.872. The Bertz CT molecular complexity index is 174. The molecule has 3 heteroatoms. The molecule has 2 unspecified atom stereocenters. The highest BCUT2D eigenvalue weighted by atomic mass is 32.2. The molecule has 0 aromatic carbocycles. The smallest absolute Gasteiger partial charge is 0.0191 e. The van der Waals surface area contributed by atoms with Crippen LogP contribution >= 0.6 is 11.8 Å². The molecule has 2 rings (SSSR count). The maximum atomic E-state index is 3.45. The third kappa shape index (κ3) is 3.65. The number of nitrogens with zero attached hydrogens (tertiary/aromatic N) is 1. The summed E-state index contributed by atoms with van der Waals surface area (Å²) in [6.07, 6.45) is 5.64. The standard InChI is InChI=1S/C12H24N2S/c1-14(12-5-8-15-10-12)7-2-3-11-4-6-13-9-11/h11-13H,2-10H2,1H3. The largest absolute Gasteiger partial charge is 0.316 e. The molecule has 2 nitrogen and oxygen atoms in total. The zero-order valence-electron chi connectivity index (χ0n) is 9.87. The molecule has 0 aliphatic carbocycles. The second-order valence-electron chi connectivity index (χ2n) is 5.00. The van der Waals surface area contributed by atoms with Crippen LogP contribution in [0.4, 0.5) is 0 Å². The molecule has 2 aliphatic rings. The van der Waals surface area contributed by atoms with Crippen molar-refractivity contribution in [2.75, 3.05) is 38.2 Å². The summed E-state index contributed by atoms with van der Waals surface area (Å²) >= 11 is 2.12. The van der Waals surface area contributed by atoms with Crippen molar-refractivity contribution >= 4 is 11.8 Å². The molecule has 2 atom stereocenters. The zero-order valence-corrected chi connectivity index (χ0v) is 10.7. The highest BCUT2D eigenvalue weighted by molar-refractivity contribution is 7.99. The fraction of sp³-hybridized carbons (Fsp3) is 1.00. The molecule has 0 aromatic rings. The lowest BCUT2D eigenvalue weighted by Crippen LogP contribution is -2.32. The normalized spacial score (nSPS) is 31.6. The summed E-state index contributed by atoms with van der Waals surface area (Å²) in [5.41, 5.74) is 0. The molecule has 0 radical (unpaired) electrons. The average molecular weight is 228 g/mol. The van der Waals surface area contributed by atoms with Crippen molar-refractivity contribution in [2.24, 2.45) is 5.92 Å². The summed E-state index contributed by atoms with van der Waals surface area (Å²) in [5.74, 6) is 3.71. The van der Waals surface area contributed by atoms with Crippen LogP contribution in [0.25, 0.3) is 0 Å². The van der Waals surface area contributed by atoms with Gasteiger partial charge in [0.15, 0.2) is 0 Å². The van der Waals surface area contributed by atoms with Gasteiger partial charge in [-0.3, -0.25) is 0 Å². The Labute approximate surface area is 98.2 Å². The Hall–Kier alpha value is 0.270. The van der Waals surface area contributed by atoms with Gasteiger partial charge in [-0.25, -0.2) is 0 Å². The highest BCUT2D eigenvalue weighted by Crippen LogP contribution is 2.22. The van der Waals surface area contributed by atoms with Gasteiger partial charge in [0, 0.05) is 11.8 Å². The van der Waals surface area contributed by atoms with Gasteiger partial charge in [-0.05, 0) is 64.0 Å². The number of nitrogens with one attached hydrogen (secondary N) is 1. The van der Waals surface area contributed by atoms with E-state index in [2.05, 4.69) is 29.0 Å². The van der Waals surface area contributed by atoms with E-state index in [0.29, 0.717) is 0 Å². The summed E-state index contributed by atoms with van der Waals surface area (Å²) in [4.78, 5) is 2.59. The fourth-order valence-corrected chi connectivity index (χ4v) is 3.94. The maximum Gasteiger partial charge on any atom is 0.0191 e. The minimum Gasteiger partial charge on any atom is -0.316 e. The Balaban J connectivity index is 1.56. The predicted molar refractivity (Wildman–Crippen MR) is 68.6 cm³/mol. The third-order valence-electron chi connectivity index (χ3n) is 3.81. The maximum absolute atomic E-state index is 3.45. The van der Waals surface area contributed by atoms with Gasteiger partial charge in [0.2, 0.25) is 0 Å². The van der Waals surface area contributed by atoms with Crippen LogP contribution in [0.15, 0.2) is 0 Å². The first kappa shape index (κ1) is 11.7. The number of rotatable bonds is 5. The average Bonchev–Trinajstić information content (AvgIpc) is 2.90. The Morgan fingerprint density at radius 3 is 3.00 bits per heavy atom. The van der Waals surface area contributed by atoms with Crippen LogP contribution in [-0.4, -0.2) is 49.1 Å². The quantitative estimate of drug-likeness (QED) is 0.773. The highest BCUT2D eigenvalue weighted by Gasteiger charge is 2.20. The fourth-order valence-electron chi connectivity index (χ4n) is 2.64. The summed E-state index contributed by atoms with van der Waals surface area (Å²) in [5, 5.41) is 3.45. The van der Waals surface area contributed by atoms with Gasteiger partial charge in [0.25, 0.3) is 0 Å². The minimum atomic E-state index is 0.872. The molecule has 0 aromatic heterocycles. The van der Waals surface area contributed by atoms with Crippen molar-refractivity contribution in [1.82, 2.24) is 10.2 Å². The molecule has 0 bridgehead atoms. The van der Waals surface area contributed by atoms with Gasteiger partial charge in [-0.1, -0.05) is 0 Å². The van der Waals surface area contributed by atoms with E-state index < -0.39 is 0 Å². The van der Waals surface area contributed by atoms with Crippen molar-refractivity contribution in [1.29, 1.82) is 0 Å². The zero-order chi connectivity index (χ0) is 10.5. The van der Waals surface area contributed by atoms with Gasteiger partial charge in [-0.15, -0.1) is 0 Å². The molecule has 1 N–H and O–H groups in total. The number of hydrogen-bond acceptors (Lipinski definition) is 3. The van der Waals surface area contributed by atoms with E-state index in [4.69, 9.17) is 0 Å². The first-order valence-corrected chi connectivity index (χ1v) is 7.50. The molecule has 88 valence electrons. The van der Waals surface area contributed by atoms with E-state index in [0.717, 1.165) is 12.0 Å². The lowest BCUT2D eigenvalue weighted by atomic mass is 10.0. The van der Waals surface area contributed by atoms with E-state index in [1.165, 1.54) is 56.8 Å². The van der Waals surface area contributed by atoms with Crippen LogP contribution in [0.1, 0.15) is 25.7 Å². The molecule has 2 heterocycles. The predicted octanol–water partition coefficient (Wildman–Crippen LogP) is 1.81.